The molecule has 3 rings (SSSR count). The molecule has 0 saturated heterocycles. The SMILES string of the molecule is CCCCN(C(=O)NC1CCCCC1)c1cccc(Sc2cccc(OC(=O)CCC)c2)c1. The Hall–Kier alpha value is -2.47. The maximum Gasteiger partial charge on any atom is 0.322 e. The van der Waals surface area contributed by atoms with Crippen LogP contribution < -0.4 is 15.0 Å². The third kappa shape index (κ3) is 8.11. The summed E-state index contributed by atoms with van der Waals surface area (Å²) in [5, 5.41) is 3.26. The second-order valence-electron chi connectivity index (χ2n) is 8.59. The first-order valence-electron chi connectivity index (χ1n) is 12.3. The number of anilines is 1. The number of benzene rings is 2. The molecule has 1 saturated carbocycles. The molecule has 0 aromatic heterocycles. The van der Waals surface area contributed by atoms with Gasteiger partial charge in [0.15, 0.2) is 0 Å². The van der Waals surface area contributed by atoms with Crippen LogP contribution in [0.4, 0.5) is 10.5 Å². The number of hydrogen-bond acceptors (Lipinski definition) is 4. The number of carbonyl (C=O) groups is 2. The van der Waals surface area contributed by atoms with Crippen molar-refractivity contribution >= 4 is 29.4 Å². The molecule has 2 aromatic carbocycles. The van der Waals surface area contributed by atoms with Gasteiger partial charge in [-0.15, -0.1) is 0 Å². The minimum atomic E-state index is -0.211. The number of nitrogens with zero attached hydrogens (tertiary/aromatic N) is 1. The van der Waals surface area contributed by atoms with Gasteiger partial charge in [0.2, 0.25) is 0 Å². The van der Waals surface area contributed by atoms with E-state index in [1.165, 1.54) is 19.3 Å². The lowest BCUT2D eigenvalue weighted by Gasteiger charge is -2.28. The van der Waals surface area contributed by atoms with Crippen molar-refractivity contribution in [2.24, 2.45) is 0 Å². The van der Waals surface area contributed by atoms with Gasteiger partial charge in [0.1, 0.15) is 5.75 Å². The van der Waals surface area contributed by atoms with Crippen LogP contribution in [0.3, 0.4) is 0 Å². The highest BCUT2D eigenvalue weighted by Crippen LogP contribution is 2.32. The zero-order valence-corrected chi connectivity index (χ0v) is 20.7. The van der Waals surface area contributed by atoms with Gasteiger partial charge in [0.25, 0.3) is 0 Å². The predicted molar refractivity (Wildman–Crippen MR) is 135 cm³/mol. The zero-order valence-electron chi connectivity index (χ0n) is 19.8. The third-order valence-electron chi connectivity index (χ3n) is 5.77. The smallest absolute Gasteiger partial charge is 0.322 e. The summed E-state index contributed by atoms with van der Waals surface area (Å²) in [4.78, 5) is 28.9. The lowest BCUT2D eigenvalue weighted by Crippen LogP contribution is -2.46. The van der Waals surface area contributed by atoms with Crippen LogP contribution in [0.25, 0.3) is 0 Å². The van der Waals surface area contributed by atoms with Crippen LogP contribution in [0, 0.1) is 0 Å². The Balaban J connectivity index is 1.71. The number of unbranched alkanes of at least 4 members (excludes halogenated alkanes) is 1. The van der Waals surface area contributed by atoms with Crippen molar-refractivity contribution in [2.75, 3.05) is 11.4 Å². The van der Waals surface area contributed by atoms with Crippen molar-refractivity contribution in [3.05, 3.63) is 48.5 Å². The molecule has 6 heteroatoms. The summed E-state index contributed by atoms with van der Waals surface area (Å²) < 4.78 is 5.43. The number of rotatable bonds is 10. The molecule has 0 bridgehead atoms. The fourth-order valence-electron chi connectivity index (χ4n) is 4.00. The number of hydrogen-bond donors (Lipinski definition) is 1. The molecule has 1 aliphatic rings. The Bertz CT molecular complexity index is 912. The molecular weight excluding hydrogens is 432 g/mol. The van der Waals surface area contributed by atoms with Gasteiger partial charge in [-0.25, -0.2) is 4.79 Å². The highest BCUT2D eigenvalue weighted by atomic mass is 32.2. The van der Waals surface area contributed by atoms with Crippen molar-refractivity contribution in [1.29, 1.82) is 0 Å². The van der Waals surface area contributed by atoms with Gasteiger partial charge >= 0.3 is 12.0 Å². The van der Waals surface area contributed by atoms with Crippen molar-refractivity contribution < 1.29 is 14.3 Å². The number of urea groups is 1. The first-order chi connectivity index (χ1) is 16.1. The van der Waals surface area contributed by atoms with Crippen molar-refractivity contribution in [3.63, 3.8) is 0 Å². The van der Waals surface area contributed by atoms with Crippen molar-refractivity contribution in [3.8, 4) is 5.75 Å². The van der Waals surface area contributed by atoms with Gasteiger partial charge in [-0.3, -0.25) is 9.69 Å². The van der Waals surface area contributed by atoms with E-state index in [1.807, 2.05) is 48.2 Å². The first-order valence-corrected chi connectivity index (χ1v) is 13.1. The second-order valence-corrected chi connectivity index (χ2v) is 9.73. The van der Waals surface area contributed by atoms with Crippen LogP contribution in [0.15, 0.2) is 58.3 Å². The molecule has 33 heavy (non-hydrogen) atoms. The second kappa shape index (κ2) is 13.3. The maximum absolute atomic E-state index is 13.1. The van der Waals surface area contributed by atoms with Crippen LogP contribution in [0.5, 0.6) is 5.75 Å². The van der Waals surface area contributed by atoms with Gasteiger partial charge in [-0.05, 0) is 62.1 Å². The molecule has 0 heterocycles. The van der Waals surface area contributed by atoms with E-state index in [2.05, 4.69) is 18.3 Å². The first kappa shape index (κ1) is 25.2. The number of ether oxygens (including phenoxy) is 1. The van der Waals surface area contributed by atoms with E-state index in [1.54, 1.807) is 17.8 Å². The van der Waals surface area contributed by atoms with E-state index >= 15 is 0 Å². The summed E-state index contributed by atoms with van der Waals surface area (Å²) in [6.07, 6.45) is 8.97. The average molecular weight is 469 g/mol. The molecule has 2 amide bonds. The van der Waals surface area contributed by atoms with E-state index in [0.29, 0.717) is 18.7 Å². The summed E-state index contributed by atoms with van der Waals surface area (Å²) in [7, 11) is 0. The monoisotopic (exact) mass is 468 g/mol. The van der Waals surface area contributed by atoms with Crippen LogP contribution in [-0.4, -0.2) is 24.6 Å². The molecular formula is C27H36N2O3S. The summed E-state index contributed by atoms with van der Waals surface area (Å²) in [5.74, 6) is 0.350. The number of nitrogens with one attached hydrogen (secondary N) is 1. The van der Waals surface area contributed by atoms with Crippen LogP contribution in [0.1, 0.15) is 71.6 Å². The fraction of sp³-hybridized carbons (Fsp3) is 0.481. The van der Waals surface area contributed by atoms with Crippen LogP contribution in [0.2, 0.25) is 0 Å². The van der Waals surface area contributed by atoms with Crippen LogP contribution >= 0.6 is 11.8 Å². The number of amides is 2. The normalized spacial score (nSPS) is 14.0. The molecule has 2 aromatic rings. The molecule has 0 spiro atoms. The van der Waals surface area contributed by atoms with Gasteiger partial charge in [0.05, 0.1) is 0 Å². The van der Waals surface area contributed by atoms with E-state index in [4.69, 9.17) is 4.74 Å². The summed E-state index contributed by atoms with van der Waals surface area (Å²) >= 11 is 1.60. The Kier molecular flexibility index (Phi) is 10.1. The van der Waals surface area contributed by atoms with E-state index in [-0.39, 0.29) is 18.0 Å². The fourth-order valence-corrected chi connectivity index (χ4v) is 4.92. The average Bonchev–Trinajstić information content (AvgIpc) is 2.81. The molecule has 178 valence electrons. The minimum absolute atomic E-state index is 0.00216. The molecule has 1 fully saturated rings. The van der Waals surface area contributed by atoms with Gasteiger partial charge in [-0.1, -0.05) is 63.4 Å². The molecule has 5 nitrogen and oxygen atoms in total. The maximum atomic E-state index is 13.1. The summed E-state index contributed by atoms with van der Waals surface area (Å²) in [6, 6.07) is 16.0. The molecule has 0 atom stereocenters. The quantitative estimate of drug-likeness (QED) is 0.296. The topological polar surface area (TPSA) is 58.6 Å². The molecule has 0 unspecified atom stereocenters. The lowest BCUT2D eigenvalue weighted by atomic mass is 9.96. The summed E-state index contributed by atoms with van der Waals surface area (Å²) in [6.45, 7) is 4.80. The number of esters is 1. The van der Waals surface area contributed by atoms with Crippen LogP contribution in [-0.2, 0) is 4.79 Å². The predicted octanol–water partition coefficient (Wildman–Crippen LogP) is 7.19. The highest BCUT2D eigenvalue weighted by Gasteiger charge is 2.21. The molecule has 0 radical (unpaired) electrons. The van der Waals surface area contributed by atoms with Gasteiger partial charge < -0.3 is 10.1 Å². The van der Waals surface area contributed by atoms with Crippen molar-refractivity contribution in [1.82, 2.24) is 5.32 Å². The standard InChI is InChI=1S/C27H36N2O3S/c1-3-5-18-29(27(31)28-21-12-7-6-8-13-21)22-14-9-16-24(19-22)33-25-17-10-15-23(20-25)32-26(30)11-4-2/h9-10,14-17,19-21H,3-8,11-13,18H2,1-2H3,(H,28,31). The van der Waals surface area contributed by atoms with E-state index in [9.17, 15) is 9.59 Å². The summed E-state index contributed by atoms with van der Waals surface area (Å²) in [5.41, 5.74) is 0.910. The lowest BCUT2D eigenvalue weighted by molar-refractivity contribution is -0.134. The number of carbonyl (C=O) groups excluding carboxylic acids is 2. The highest BCUT2D eigenvalue weighted by molar-refractivity contribution is 7.99. The Morgan fingerprint density at radius 2 is 1.73 bits per heavy atom. The van der Waals surface area contributed by atoms with E-state index in [0.717, 1.165) is 47.6 Å². The van der Waals surface area contributed by atoms with E-state index < -0.39 is 0 Å². The van der Waals surface area contributed by atoms with Crippen molar-refractivity contribution in [2.45, 2.75) is 87.5 Å². The molecule has 0 aliphatic heterocycles. The molecule has 1 aliphatic carbocycles. The molecule has 1 N–H and O–H groups in total. The Morgan fingerprint density at radius 1 is 1.00 bits per heavy atom. The Labute approximate surface area is 202 Å². The Morgan fingerprint density at radius 3 is 2.45 bits per heavy atom. The van der Waals surface area contributed by atoms with Gasteiger partial charge in [0, 0.05) is 34.5 Å². The largest absolute Gasteiger partial charge is 0.426 e. The van der Waals surface area contributed by atoms with Gasteiger partial charge in [-0.2, -0.15) is 0 Å². The minimum Gasteiger partial charge on any atom is -0.426 e. The third-order valence-corrected chi connectivity index (χ3v) is 6.75. The zero-order chi connectivity index (χ0) is 23.5.